The summed E-state index contributed by atoms with van der Waals surface area (Å²) in [4.78, 5) is 33.4. The third-order valence-electron chi connectivity index (χ3n) is 7.75. The topological polar surface area (TPSA) is 53.1 Å². The minimum Gasteiger partial charge on any atom is -0.488 e. The average molecular weight is 716 g/mol. The van der Waals surface area contributed by atoms with Gasteiger partial charge in [0, 0.05) is 34.0 Å². The molecular formula is C36H34IN3O3S. The summed E-state index contributed by atoms with van der Waals surface area (Å²) in [5.41, 5.74) is 5.95. The standard InChI is InChI=1S/C36H34IN3O3S/c1-5-38(6-2)30-19-15-27(33(22-30)43-23-26-13-16-28(37)17-14-26)21-32-34(41)39(29-10-8-7-9-11-29)36(44)40(35(32)42)31-18-12-24(3)25(4)20-31/h7-22H,5-6,23H2,1-4H3/b32-21-. The van der Waals surface area contributed by atoms with Crippen LogP contribution < -0.4 is 19.4 Å². The van der Waals surface area contributed by atoms with Crippen molar-refractivity contribution in [2.24, 2.45) is 0 Å². The largest absolute Gasteiger partial charge is 0.488 e. The van der Waals surface area contributed by atoms with E-state index in [2.05, 4.69) is 41.3 Å². The maximum atomic E-state index is 14.2. The highest BCUT2D eigenvalue weighted by Gasteiger charge is 2.41. The van der Waals surface area contributed by atoms with E-state index in [0.717, 1.165) is 39.0 Å². The van der Waals surface area contributed by atoms with E-state index in [-0.39, 0.29) is 10.7 Å². The number of thiocarbonyl (C=S) groups is 1. The van der Waals surface area contributed by atoms with Gasteiger partial charge in [0.25, 0.3) is 11.8 Å². The number of amides is 2. The van der Waals surface area contributed by atoms with Gasteiger partial charge in [0.2, 0.25) is 0 Å². The Balaban J connectivity index is 1.62. The molecule has 2 amide bonds. The molecule has 0 aromatic heterocycles. The van der Waals surface area contributed by atoms with Crippen LogP contribution in [0.2, 0.25) is 0 Å². The Kier molecular flexibility index (Phi) is 9.80. The molecule has 0 aliphatic carbocycles. The van der Waals surface area contributed by atoms with E-state index in [1.165, 1.54) is 9.80 Å². The fourth-order valence-corrected chi connectivity index (χ4v) is 5.81. The van der Waals surface area contributed by atoms with Gasteiger partial charge in [-0.3, -0.25) is 19.4 Å². The molecule has 1 saturated heterocycles. The van der Waals surface area contributed by atoms with Crippen LogP contribution >= 0.6 is 34.8 Å². The van der Waals surface area contributed by atoms with Crippen LogP contribution in [0.15, 0.2) is 96.6 Å². The lowest BCUT2D eigenvalue weighted by molar-refractivity contribution is -0.120. The molecule has 6 nitrogen and oxygen atoms in total. The Labute approximate surface area is 278 Å². The second-order valence-corrected chi connectivity index (χ2v) is 12.1. The van der Waals surface area contributed by atoms with E-state index >= 15 is 0 Å². The van der Waals surface area contributed by atoms with Crippen LogP contribution in [0.5, 0.6) is 5.75 Å². The zero-order valence-corrected chi connectivity index (χ0v) is 28.2. The molecule has 0 radical (unpaired) electrons. The van der Waals surface area contributed by atoms with Crippen molar-refractivity contribution in [1.82, 2.24) is 0 Å². The summed E-state index contributed by atoms with van der Waals surface area (Å²) in [5, 5.41) is 0.110. The van der Waals surface area contributed by atoms with Gasteiger partial charge in [-0.1, -0.05) is 36.4 Å². The molecule has 44 heavy (non-hydrogen) atoms. The molecule has 1 heterocycles. The van der Waals surface area contributed by atoms with Crippen molar-refractivity contribution in [3.05, 3.63) is 122 Å². The van der Waals surface area contributed by atoms with Crippen LogP contribution in [-0.2, 0) is 16.2 Å². The molecule has 1 aliphatic rings. The molecule has 0 unspecified atom stereocenters. The zero-order chi connectivity index (χ0) is 31.4. The van der Waals surface area contributed by atoms with E-state index in [9.17, 15) is 9.59 Å². The highest BCUT2D eigenvalue weighted by Crippen LogP contribution is 2.34. The smallest absolute Gasteiger partial charge is 0.270 e. The molecule has 4 aromatic carbocycles. The van der Waals surface area contributed by atoms with Crippen molar-refractivity contribution in [2.75, 3.05) is 27.8 Å². The maximum absolute atomic E-state index is 14.2. The minimum atomic E-state index is -0.484. The minimum absolute atomic E-state index is 0.00427. The Morgan fingerprint density at radius 2 is 1.45 bits per heavy atom. The van der Waals surface area contributed by atoms with Gasteiger partial charge in [-0.2, -0.15) is 0 Å². The number of carbonyl (C=O) groups is 2. The normalized spacial score (nSPS) is 14.4. The first-order valence-corrected chi connectivity index (χ1v) is 16.0. The average Bonchev–Trinajstić information content (AvgIpc) is 3.02. The summed E-state index contributed by atoms with van der Waals surface area (Å²) < 4.78 is 7.52. The molecule has 1 fully saturated rings. The third kappa shape index (κ3) is 6.56. The lowest BCUT2D eigenvalue weighted by Crippen LogP contribution is -2.57. The predicted molar refractivity (Wildman–Crippen MR) is 191 cm³/mol. The first kappa shape index (κ1) is 31.4. The number of benzene rings is 4. The number of ether oxygens (including phenoxy) is 1. The summed E-state index contributed by atoms with van der Waals surface area (Å²) in [6, 6.07) is 28.9. The quantitative estimate of drug-likeness (QED) is 0.0760. The van der Waals surface area contributed by atoms with Crippen LogP contribution in [-0.4, -0.2) is 30.0 Å². The van der Waals surface area contributed by atoms with Gasteiger partial charge < -0.3 is 9.64 Å². The fraction of sp³-hybridized carbons (Fsp3) is 0.194. The molecule has 0 saturated carbocycles. The van der Waals surface area contributed by atoms with E-state index in [0.29, 0.717) is 29.3 Å². The van der Waals surface area contributed by atoms with Crippen molar-refractivity contribution < 1.29 is 14.3 Å². The van der Waals surface area contributed by atoms with Crippen molar-refractivity contribution in [3.8, 4) is 5.75 Å². The highest BCUT2D eigenvalue weighted by atomic mass is 127. The summed E-state index contributed by atoms with van der Waals surface area (Å²) in [6.07, 6.45) is 1.63. The number of hydrogen-bond donors (Lipinski definition) is 0. The van der Waals surface area contributed by atoms with Crippen molar-refractivity contribution in [2.45, 2.75) is 34.3 Å². The molecule has 0 atom stereocenters. The zero-order valence-electron chi connectivity index (χ0n) is 25.2. The summed E-state index contributed by atoms with van der Waals surface area (Å²) in [6.45, 7) is 10.2. The van der Waals surface area contributed by atoms with Crippen molar-refractivity contribution >= 4 is 74.9 Å². The van der Waals surface area contributed by atoms with E-state index in [1.807, 2.05) is 105 Å². The fourth-order valence-electron chi connectivity index (χ4n) is 5.08. The number of para-hydroxylation sites is 1. The van der Waals surface area contributed by atoms with Gasteiger partial charge in [0.1, 0.15) is 17.9 Å². The first-order chi connectivity index (χ1) is 21.2. The number of rotatable bonds is 9. The molecule has 0 spiro atoms. The third-order valence-corrected chi connectivity index (χ3v) is 8.83. The monoisotopic (exact) mass is 715 g/mol. The Morgan fingerprint density at radius 1 is 0.795 bits per heavy atom. The lowest BCUT2D eigenvalue weighted by atomic mass is 10.0. The lowest BCUT2D eigenvalue weighted by Gasteiger charge is -2.36. The summed E-state index contributed by atoms with van der Waals surface area (Å²) in [7, 11) is 0. The van der Waals surface area contributed by atoms with Gasteiger partial charge in [-0.05, 0) is 134 Å². The van der Waals surface area contributed by atoms with Crippen LogP contribution in [0.25, 0.3) is 6.08 Å². The first-order valence-electron chi connectivity index (χ1n) is 14.5. The van der Waals surface area contributed by atoms with Crippen molar-refractivity contribution in [3.63, 3.8) is 0 Å². The SMILES string of the molecule is CCN(CC)c1ccc(/C=C2/C(=O)N(c3ccccc3)C(=S)N(c3ccc(C)c(C)c3)C2=O)c(OCc2ccc(I)cc2)c1. The van der Waals surface area contributed by atoms with Crippen LogP contribution in [0.3, 0.4) is 0 Å². The number of aryl methyl sites for hydroxylation is 2. The molecule has 5 rings (SSSR count). The summed E-state index contributed by atoms with van der Waals surface area (Å²) >= 11 is 8.09. The van der Waals surface area contributed by atoms with E-state index in [4.69, 9.17) is 17.0 Å². The maximum Gasteiger partial charge on any atom is 0.270 e. The highest BCUT2D eigenvalue weighted by molar-refractivity contribution is 14.1. The Bertz CT molecular complexity index is 1730. The van der Waals surface area contributed by atoms with Gasteiger partial charge in [-0.25, -0.2) is 0 Å². The number of carbonyl (C=O) groups excluding carboxylic acids is 2. The number of hydrogen-bond acceptors (Lipinski definition) is 5. The number of nitrogens with zero attached hydrogens (tertiary/aromatic N) is 3. The number of halogens is 1. The molecule has 1 aliphatic heterocycles. The van der Waals surface area contributed by atoms with Gasteiger partial charge in [0.05, 0.1) is 11.4 Å². The van der Waals surface area contributed by atoms with Crippen molar-refractivity contribution in [1.29, 1.82) is 0 Å². The van der Waals surface area contributed by atoms with Gasteiger partial charge in [-0.15, -0.1) is 0 Å². The molecular weight excluding hydrogens is 681 g/mol. The molecule has 0 bridgehead atoms. The van der Waals surface area contributed by atoms with Crippen LogP contribution in [0.4, 0.5) is 17.1 Å². The second kappa shape index (κ2) is 13.7. The Morgan fingerprint density at radius 3 is 2.09 bits per heavy atom. The predicted octanol–water partition coefficient (Wildman–Crippen LogP) is 8.08. The second-order valence-electron chi connectivity index (χ2n) is 10.5. The molecule has 8 heteroatoms. The summed E-state index contributed by atoms with van der Waals surface area (Å²) in [5.74, 6) is -0.382. The molecule has 224 valence electrons. The van der Waals surface area contributed by atoms with Gasteiger partial charge in [0.15, 0.2) is 5.11 Å². The Hall–Kier alpha value is -4.02. The van der Waals surface area contributed by atoms with Gasteiger partial charge >= 0.3 is 0 Å². The number of anilines is 3. The van der Waals surface area contributed by atoms with E-state index in [1.54, 1.807) is 6.08 Å². The van der Waals surface area contributed by atoms with Crippen LogP contribution in [0, 0.1) is 17.4 Å². The molecule has 4 aromatic rings. The molecule has 0 N–H and O–H groups in total. The van der Waals surface area contributed by atoms with Crippen LogP contribution in [0.1, 0.15) is 36.1 Å². The van der Waals surface area contributed by atoms with E-state index < -0.39 is 11.8 Å².